The minimum Gasteiger partial charge on any atom is -0.466 e. The number of rotatable bonds is 8. The number of aromatic nitrogens is 2. The first kappa shape index (κ1) is 19.4. The lowest BCUT2D eigenvalue weighted by Gasteiger charge is -2.23. The van der Waals surface area contributed by atoms with Crippen molar-refractivity contribution in [3.63, 3.8) is 0 Å². The lowest BCUT2D eigenvalue weighted by molar-refractivity contribution is -0.143. The van der Waals surface area contributed by atoms with Crippen LogP contribution in [0.4, 0.5) is 0 Å². The van der Waals surface area contributed by atoms with Crippen molar-refractivity contribution in [2.24, 2.45) is 0 Å². The average molecular weight is 377 g/mol. The van der Waals surface area contributed by atoms with Crippen LogP contribution in [0.3, 0.4) is 0 Å². The first-order chi connectivity index (χ1) is 13.7. The number of amides is 1. The van der Waals surface area contributed by atoms with Crippen molar-refractivity contribution >= 4 is 11.9 Å². The van der Waals surface area contributed by atoms with Gasteiger partial charge in [0.05, 0.1) is 13.0 Å². The maximum atomic E-state index is 13.1. The smallest absolute Gasteiger partial charge is 0.307 e. The third-order valence-electron chi connectivity index (χ3n) is 4.32. The van der Waals surface area contributed by atoms with Crippen molar-refractivity contribution in [3.05, 3.63) is 84.4 Å². The van der Waals surface area contributed by atoms with E-state index in [1.807, 2.05) is 65.5 Å². The molecule has 0 N–H and O–H groups in total. The van der Waals surface area contributed by atoms with Gasteiger partial charge in [-0.3, -0.25) is 14.6 Å². The summed E-state index contributed by atoms with van der Waals surface area (Å²) >= 11 is 0. The number of ether oxygens (including phenoxy) is 1. The molecule has 6 heteroatoms. The van der Waals surface area contributed by atoms with Crippen molar-refractivity contribution in [2.45, 2.75) is 19.9 Å². The molecule has 3 aromatic rings. The van der Waals surface area contributed by atoms with Crippen LogP contribution in [0.25, 0.3) is 5.69 Å². The zero-order valence-electron chi connectivity index (χ0n) is 15.8. The van der Waals surface area contributed by atoms with E-state index in [1.54, 1.807) is 24.2 Å². The third kappa shape index (κ3) is 5.07. The molecular formula is C22H23N3O3. The van der Waals surface area contributed by atoms with Gasteiger partial charge in [0, 0.05) is 49.1 Å². The van der Waals surface area contributed by atoms with Crippen molar-refractivity contribution in [3.8, 4) is 5.69 Å². The highest BCUT2D eigenvalue weighted by Crippen LogP contribution is 2.14. The zero-order chi connectivity index (χ0) is 19.8. The Morgan fingerprint density at radius 1 is 1.04 bits per heavy atom. The summed E-state index contributed by atoms with van der Waals surface area (Å²) in [5.41, 5.74) is 2.51. The summed E-state index contributed by atoms with van der Waals surface area (Å²) in [6, 6.07) is 15.0. The van der Waals surface area contributed by atoms with E-state index in [2.05, 4.69) is 4.98 Å². The number of esters is 1. The largest absolute Gasteiger partial charge is 0.466 e. The molecule has 2 aromatic heterocycles. The Hall–Kier alpha value is -3.41. The highest BCUT2D eigenvalue weighted by Gasteiger charge is 2.18. The molecule has 0 atom stereocenters. The monoisotopic (exact) mass is 377 g/mol. The Kier molecular flexibility index (Phi) is 6.57. The van der Waals surface area contributed by atoms with Crippen LogP contribution >= 0.6 is 0 Å². The molecule has 0 saturated carbocycles. The molecule has 0 aliphatic rings. The van der Waals surface area contributed by atoms with E-state index in [9.17, 15) is 9.59 Å². The van der Waals surface area contributed by atoms with Crippen LogP contribution in [0.5, 0.6) is 0 Å². The maximum Gasteiger partial charge on any atom is 0.307 e. The molecule has 0 spiro atoms. The van der Waals surface area contributed by atoms with E-state index in [-0.39, 0.29) is 18.3 Å². The Balaban J connectivity index is 1.75. The third-order valence-corrected chi connectivity index (χ3v) is 4.32. The molecular weight excluding hydrogens is 354 g/mol. The average Bonchev–Trinajstić information content (AvgIpc) is 3.26. The van der Waals surface area contributed by atoms with E-state index in [1.165, 1.54) is 0 Å². The first-order valence-corrected chi connectivity index (χ1v) is 9.24. The van der Waals surface area contributed by atoms with Gasteiger partial charge >= 0.3 is 5.97 Å². The summed E-state index contributed by atoms with van der Waals surface area (Å²) in [4.78, 5) is 30.5. The summed E-state index contributed by atoms with van der Waals surface area (Å²) in [5.74, 6) is -0.432. The highest BCUT2D eigenvalue weighted by atomic mass is 16.5. The quantitative estimate of drug-likeness (QED) is 0.564. The van der Waals surface area contributed by atoms with Gasteiger partial charge < -0.3 is 14.2 Å². The van der Waals surface area contributed by atoms with Crippen LogP contribution in [0.2, 0.25) is 0 Å². The molecule has 6 nitrogen and oxygen atoms in total. The van der Waals surface area contributed by atoms with E-state index in [4.69, 9.17) is 4.74 Å². The molecule has 1 aromatic carbocycles. The van der Waals surface area contributed by atoms with Crippen LogP contribution in [-0.2, 0) is 16.1 Å². The van der Waals surface area contributed by atoms with Gasteiger partial charge in [-0.1, -0.05) is 0 Å². The summed E-state index contributed by atoms with van der Waals surface area (Å²) < 4.78 is 6.97. The summed E-state index contributed by atoms with van der Waals surface area (Å²) in [7, 11) is 0. The Morgan fingerprint density at radius 3 is 2.36 bits per heavy atom. The van der Waals surface area contributed by atoms with Gasteiger partial charge in [0.25, 0.3) is 5.91 Å². The van der Waals surface area contributed by atoms with Crippen LogP contribution in [-0.4, -0.2) is 39.5 Å². The van der Waals surface area contributed by atoms with E-state index < -0.39 is 0 Å². The molecule has 144 valence electrons. The SMILES string of the molecule is CCOC(=O)CCN(Cc1ccncc1)C(=O)c1ccc(-n2cccc2)cc1. The number of carbonyl (C=O) groups is 2. The van der Waals surface area contributed by atoms with Gasteiger partial charge in [0.1, 0.15) is 0 Å². The molecule has 0 saturated heterocycles. The molecule has 0 aliphatic carbocycles. The van der Waals surface area contributed by atoms with Crippen molar-refractivity contribution in [1.82, 2.24) is 14.5 Å². The lowest BCUT2D eigenvalue weighted by atomic mass is 10.1. The predicted molar refractivity (Wildman–Crippen MR) is 106 cm³/mol. The zero-order valence-corrected chi connectivity index (χ0v) is 15.8. The number of carbonyl (C=O) groups excluding carboxylic acids is 2. The minimum atomic E-state index is -0.307. The number of pyridine rings is 1. The van der Waals surface area contributed by atoms with Crippen molar-refractivity contribution in [1.29, 1.82) is 0 Å². The van der Waals surface area contributed by atoms with E-state index >= 15 is 0 Å². The maximum absolute atomic E-state index is 13.1. The fraction of sp³-hybridized carbons (Fsp3) is 0.227. The van der Waals surface area contributed by atoms with Gasteiger partial charge in [-0.2, -0.15) is 0 Å². The summed E-state index contributed by atoms with van der Waals surface area (Å²) in [6.07, 6.45) is 7.44. The second-order valence-corrected chi connectivity index (χ2v) is 6.27. The first-order valence-electron chi connectivity index (χ1n) is 9.24. The van der Waals surface area contributed by atoms with Gasteiger partial charge in [-0.05, 0) is 61.0 Å². The van der Waals surface area contributed by atoms with Crippen molar-refractivity contribution in [2.75, 3.05) is 13.2 Å². The lowest BCUT2D eigenvalue weighted by Crippen LogP contribution is -2.33. The number of hydrogen-bond acceptors (Lipinski definition) is 4. The molecule has 0 radical (unpaired) electrons. The van der Waals surface area contributed by atoms with Gasteiger partial charge in [0.2, 0.25) is 0 Å². The van der Waals surface area contributed by atoms with Crippen LogP contribution in [0.15, 0.2) is 73.3 Å². The molecule has 0 unspecified atom stereocenters. The van der Waals surface area contributed by atoms with Crippen LogP contribution in [0.1, 0.15) is 29.3 Å². The van der Waals surface area contributed by atoms with Gasteiger partial charge in [-0.25, -0.2) is 0 Å². The molecule has 0 fully saturated rings. The molecule has 3 rings (SSSR count). The number of nitrogens with zero attached hydrogens (tertiary/aromatic N) is 3. The van der Waals surface area contributed by atoms with Crippen LogP contribution < -0.4 is 0 Å². The predicted octanol–water partition coefficient (Wildman–Crippen LogP) is 3.47. The second kappa shape index (κ2) is 9.50. The Morgan fingerprint density at radius 2 is 1.71 bits per heavy atom. The standard InChI is InChI=1S/C22H23N3O3/c1-2-28-21(26)11-16-25(17-18-9-12-23-13-10-18)22(27)19-5-7-20(8-6-19)24-14-3-4-15-24/h3-10,12-15H,2,11,16-17H2,1H3. The fourth-order valence-corrected chi connectivity index (χ4v) is 2.89. The Labute approximate surface area is 164 Å². The molecule has 28 heavy (non-hydrogen) atoms. The van der Waals surface area contributed by atoms with Gasteiger partial charge in [0.15, 0.2) is 0 Å². The van der Waals surface area contributed by atoms with E-state index in [0.29, 0.717) is 25.3 Å². The van der Waals surface area contributed by atoms with E-state index in [0.717, 1.165) is 11.3 Å². The number of hydrogen-bond donors (Lipinski definition) is 0. The van der Waals surface area contributed by atoms with Crippen LogP contribution in [0, 0.1) is 0 Å². The number of benzene rings is 1. The second-order valence-electron chi connectivity index (χ2n) is 6.27. The molecule has 2 heterocycles. The summed E-state index contributed by atoms with van der Waals surface area (Å²) in [5, 5.41) is 0. The molecule has 1 amide bonds. The fourth-order valence-electron chi connectivity index (χ4n) is 2.89. The topological polar surface area (TPSA) is 64.4 Å². The van der Waals surface area contributed by atoms with Crippen molar-refractivity contribution < 1.29 is 14.3 Å². The summed E-state index contributed by atoms with van der Waals surface area (Å²) in [6.45, 7) is 2.79. The molecule has 0 bridgehead atoms. The Bertz CT molecular complexity index is 891. The van der Waals surface area contributed by atoms with Gasteiger partial charge in [-0.15, -0.1) is 0 Å². The minimum absolute atomic E-state index is 0.125. The highest BCUT2D eigenvalue weighted by molar-refractivity contribution is 5.94. The normalized spacial score (nSPS) is 10.5. The molecule has 0 aliphatic heterocycles.